The predicted octanol–water partition coefficient (Wildman–Crippen LogP) is 11.2. The Morgan fingerprint density at radius 3 is 1.96 bits per heavy atom. The van der Waals surface area contributed by atoms with Gasteiger partial charge in [-0.3, -0.25) is 0 Å². The maximum Gasteiger partial charge on any atom is 0.188 e. The molecule has 3 heterocycles. The summed E-state index contributed by atoms with van der Waals surface area (Å²) in [6.45, 7) is 4.39. The summed E-state index contributed by atoms with van der Waals surface area (Å²) >= 11 is 0. The Bertz CT molecular complexity index is 2810. The van der Waals surface area contributed by atoms with Gasteiger partial charge >= 0.3 is 0 Å². The van der Waals surface area contributed by atoms with Crippen LogP contribution in [0.1, 0.15) is 52.7 Å². The average Bonchev–Trinajstić information content (AvgIpc) is 3.76. The molecule has 3 aromatic heterocycles. The molecule has 0 amide bonds. The predicted molar refractivity (Wildman–Crippen MR) is 214 cm³/mol. The molecule has 0 aliphatic heterocycles. The van der Waals surface area contributed by atoms with Crippen LogP contribution in [-0.4, -0.2) is 18.7 Å². The van der Waals surface area contributed by atoms with Crippen molar-refractivity contribution in [3.8, 4) is 11.5 Å². The molecule has 0 atom stereocenters. The molecular formula is C48H39N4Pt-. The number of pyridine rings is 1. The normalized spacial score (nSPS) is 13.1. The van der Waals surface area contributed by atoms with Gasteiger partial charge in [0.1, 0.15) is 5.82 Å². The second kappa shape index (κ2) is 13.4. The van der Waals surface area contributed by atoms with E-state index in [2.05, 4.69) is 164 Å². The molecule has 6 aromatic carbocycles. The van der Waals surface area contributed by atoms with Crippen LogP contribution in [-0.2, 0) is 32.0 Å². The summed E-state index contributed by atoms with van der Waals surface area (Å²) in [6, 6.07) is 59.7. The number of hydrogen-bond acceptors (Lipinski definition) is 1. The Labute approximate surface area is 329 Å². The van der Waals surface area contributed by atoms with Crippen LogP contribution >= 0.6 is 0 Å². The van der Waals surface area contributed by atoms with Crippen LogP contribution < -0.4 is 0 Å². The van der Waals surface area contributed by atoms with Crippen molar-refractivity contribution in [3.63, 3.8) is 0 Å². The van der Waals surface area contributed by atoms with Gasteiger partial charge in [-0.05, 0) is 80.0 Å². The molecule has 9 aromatic rings. The van der Waals surface area contributed by atoms with Crippen molar-refractivity contribution in [1.82, 2.24) is 18.7 Å². The summed E-state index contributed by atoms with van der Waals surface area (Å²) < 4.78 is 31.1. The van der Waals surface area contributed by atoms with Crippen molar-refractivity contribution in [1.29, 1.82) is 0 Å². The van der Waals surface area contributed by atoms with Crippen molar-refractivity contribution < 1.29 is 25.2 Å². The third-order valence-electron chi connectivity index (χ3n) is 10.2. The molecule has 9 rings (SSSR count). The zero-order valence-corrected chi connectivity index (χ0v) is 32.0. The van der Waals surface area contributed by atoms with Gasteiger partial charge in [-0.15, -0.1) is 22.6 Å². The molecule has 262 valence electrons. The van der Waals surface area contributed by atoms with Crippen LogP contribution in [0, 0.1) is 19.0 Å². The van der Waals surface area contributed by atoms with Crippen LogP contribution in [0.15, 0.2) is 164 Å². The summed E-state index contributed by atoms with van der Waals surface area (Å²) in [6.07, 6.45) is 3.76. The van der Waals surface area contributed by atoms with E-state index in [4.69, 9.17) is 9.10 Å². The number of aromatic nitrogens is 4. The number of imidazole rings is 1. The van der Waals surface area contributed by atoms with E-state index in [1.807, 2.05) is 28.8 Å². The van der Waals surface area contributed by atoms with E-state index in [0.29, 0.717) is 5.82 Å². The largest absolute Gasteiger partial charge is 0.319 e. The Hall–Kier alpha value is -5.57. The van der Waals surface area contributed by atoms with E-state index < -0.39 is 12.3 Å². The molecule has 0 radical (unpaired) electrons. The van der Waals surface area contributed by atoms with Crippen molar-refractivity contribution >= 4 is 32.8 Å². The maximum absolute atomic E-state index is 8.16. The van der Waals surface area contributed by atoms with Gasteiger partial charge in [0.05, 0.1) is 5.54 Å². The summed E-state index contributed by atoms with van der Waals surface area (Å²) in [5.41, 5.74) is 8.16. The van der Waals surface area contributed by atoms with E-state index in [9.17, 15) is 0 Å². The Morgan fingerprint density at radius 1 is 0.623 bits per heavy atom. The number of rotatable bonds is 6. The fourth-order valence-electron chi connectivity index (χ4n) is 7.85. The zero-order valence-electron chi connectivity index (χ0n) is 32.7. The first-order valence-electron chi connectivity index (χ1n) is 19.1. The molecule has 0 unspecified atom stereocenters. The van der Waals surface area contributed by atoms with Gasteiger partial charge in [-0.2, -0.15) is 30.3 Å². The van der Waals surface area contributed by atoms with Gasteiger partial charge in [-0.1, -0.05) is 90.4 Å². The van der Waals surface area contributed by atoms with Gasteiger partial charge < -0.3 is 4.57 Å². The minimum Gasteiger partial charge on any atom is -0.319 e. The van der Waals surface area contributed by atoms with Gasteiger partial charge in [0, 0.05) is 60.1 Å². The van der Waals surface area contributed by atoms with Crippen LogP contribution in [0.3, 0.4) is 0 Å². The Balaban J connectivity index is 0.00000441. The molecule has 0 aliphatic carbocycles. The molecule has 0 aliphatic rings. The van der Waals surface area contributed by atoms with E-state index in [1.54, 1.807) is 18.3 Å². The number of hydrogen-bond donors (Lipinski definition) is 0. The van der Waals surface area contributed by atoms with E-state index >= 15 is 0 Å². The second-order valence-corrected chi connectivity index (χ2v) is 14.3. The van der Waals surface area contributed by atoms with Gasteiger partial charge in [0.2, 0.25) is 0 Å². The minimum atomic E-state index is -2.28. The average molecular weight is 870 g/mol. The van der Waals surface area contributed by atoms with Gasteiger partial charge in [-0.25, -0.2) is 14.1 Å². The Morgan fingerprint density at radius 2 is 1.26 bits per heavy atom. The van der Waals surface area contributed by atoms with Crippen LogP contribution in [0.5, 0.6) is 0 Å². The summed E-state index contributed by atoms with van der Waals surface area (Å²) in [4.78, 5) is 4.73. The SMILES string of the molecule is [2H]C([2H])([2H])c1ccnc(-n2c3[c-]c(C(c4[c-]c(-n5[cH+]n(C(C)(C)C)c6ccccc65)ccc4)(c4ccccc4)c4ccccc4)ccc3c3ccccc32)c1.[Pt]. The molecular weight excluding hydrogens is 828 g/mol. The van der Waals surface area contributed by atoms with E-state index in [0.717, 1.165) is 60.8 Å². The standard InChI is InChI=1S/C48H39N4.Pt/c1-34-28-29-49-46(30-34)52-42-23-12-11-22-40(42)41-27-26-38(32-45(41)52)48(35-16-7-5-8-17-35,36-18-9-6-10-19-36)37-20-15-21-39(31-37)50-33-51(47(2,3)4)44-25-14-13-24-43(44)50;/h5-30,33H,1-4H3;/q-1;/i1D3;. The fraction of sp³-hybridized carbons (Fsp3) is 0.125. The van der Waals surface area contributed by atoms with Crippen LogP contribution in [0.2, 0.25) is 0 Å². The first-order valence-corrected chi connectivity index (χ1v) is 17.6. The summed E-state index contributed by atoms with van der Waals surface area (Å²) in [7, 11) is 0. The fourth-order valence-corrected chi connectivity index (χ4v) is 7.85. The zero-order chi connectivity index (χ0) is 38.0. The topological polar surface area (TPSA) is 27.7 Å². The van der Waals surface area contributed by atoms with Crippen molar-refractivity contribution in [3.05, 3.63) is 204 Å². The first kappa shape index (κ1) is 31.0. The van der Waals surface area contributed by atoms with Gasteiger partial charge in [0.15, 0.2) is 17.4 Å². The third-order valence-corrected chi connectivity index (χ3v) is 10.2. The molecule has 4 nitrogen and oxygen atoms in total. The smallest absolute Gasteiger partial charge is 0.188 e. The number of nitrogens with zero attached hydrogens (tertiary/aromatic N) is 4. The number of benzene rings is 6. The summed E-state index contributed by atoms with van der Waals surface area (Å²) in [5, 5.41) is 2.03. The maximum atomic E-state index is 8.16. The monoisotopic (exact) mass is 869 g/mol. The molecule has 0 bridgehead atoms. The van der Waals surface area contributed by atoms with E-state index in [1.165, 1.54) is 0 Å². The Kier molecular flexibility index (Phi) is 7.86. The summed E-state index contributed by atoms with van der Waals surface area (Å²) in [5.74, 6) is 0.526. The molecule has 0 saturated heterocycles. The van der Waals surface area contributed by atoms with Crippen LogP contribution in [0.25, 0.3) is 44.3 Å². The van der Waals surface area contributed by atoms with Gasteiger partial charge in [0.25, 0.3) is 0 Å². The molecule has 0 N–H and O–H groups in total. The molecule has 0 fully saturated rings. The molecule has 53 heavy (non-hydrogen) atoms. The quantitative estimate of drug-likeness (QED) is 0.121. The number of para-hydroxylation sites is 3. The number of aryl methyl sites for hydroxylation is 1. The minimum absolute atomic E-state index is 0. The molecule has 5 heteroatoms. The van der Waals surface area contributed by atoms with E-state index in [-0.39, 0.29) is 32.2 Å². The number of fused-ring (bicyclic) bond motifs is 4. The van der Waals surface area contributed by atoms with Crippen LogP contribution in [0.4, 0.5) is 0 Å². The molecule has 0 saturated carbocycles. The van der Waals surface area contributed by atoms with Crippen molar-refractivity contribution in [2.24, 2.45) is 0 Å². The molecule has 0 spiro atoms. The second-order valence-electron chi connectivity index (χ2n) is 14.3. The van der Waals surface area contributed by atoms with Crippen molar-refractivity contribution in [2.75, 3.05) is 0 Å². The van der Waals surface area contributed by atoms with Crippen molar-refractivity contribution in [2.45, 2.75) is 38.6 Å². The first-order chi connectivity index (χ1) is 26.5. The third kappa shape index (κ3) is 5.64.